The third-order valence-electron chi connectivity index (χ3n) is 5.45. The van der Waals surface area contributed by atoms with Gasteiger partial charge in [0.2, 0.25) is 11.8 Å². The standard InChI is InChI=1S/C27H27Cl3N2O2S/c1-2-31-27(34)25(15-19-9-4-3-5-10-19)32(16-20-11-6-7-12-22(20)28)26(33)18-35-17-21-23(29)13-8-14-24(21)30/h3-14,25H,2,15-18H2,1H3,(H,31,34). The number of benzene rings is 3. The van der Waals surface area contributed by atoms with Gasteiger partial charge in [0.1, 0.15) is 6.04 Å². The Hall–Kier alpha value is -2.18. The Kier molecular flexibility index (Phi) is 10.8. The van der Waals surface area contributed by atoms with E-state index in [-0.39, 0.29) is 24.1 Å². The number of nitrogens with one attached hydrogen (secondary N) is 1. The van der Waals surface area contributed by atoms with Crippen molar-refractivity contribution in [2.75, 3.05) is 12.3 Å². The van der Waals surface area contributed by atoms with Crippen molar-refractivity contribution >= 4 is 58.4 Å². The van der Waals surface area contributed by atoms with E-state index >= 15 is 0 Å². The summed E-state index contributed by atoms with van der Waals surface area (Å²) in [4.78, 5) is 28.4. The van der Waals surface area contributed by atoms with Crippen molar-refractivity contribution in [1.82, 2.24) is 10.2 Å². The zero-order valence-corrected chi connectivity index (χ0v) is 22.4. The SMILES string of the molecule is CCNC(=O)C(Cc1ccccc1)N(Cc1ccccc1Cl)C(=O)CSCc1c(Cl)cccc1Cl. The summed E-state index contributed by atoms with van der Waals surface area (Å²) in [5.41, 5.74) is 2.54. The number of carbonyl (C=O) groups excluding carboxylic acids is 2. The Bertz CT molecular complexity index is 1120. The van der Waals surface area contributed by atoms with Gasteiger partial charge in [0.25, 0.3) is 0 Å². The van der Waals surface area contributed by atoms with E-state index in [1.165, 1.54) is 11.8 Å². The van der Waals surface area contributed by atoms with Crippen LogP contribution in [0.5, 0.6) is 0 Å². The Morgan fingerprint density at radius 1 is 0.886 bits per heavy atom. The number of nitrogens with zero attached hydrogens (tertiary/aromatic N) is 1. The molecule has 0 bridgehead atoms. The molecule has 0 saturated heterocycles. The maximum Gasteiger partial charge on any atom is 0.243 e. The van der Waals surface area contributed by atoms with Crippen LogP contribution in [0.25, 0.3) is 0 Å². The van der Waals surface area contributed by atoms with Gasteiger partial charge in [0.15, 0.2) is 0 Å². The van der Waals surface area contributed by atoms with Gasteiger partial charge in [-0.25, -0.2) is 0 Å². The lowest BCUT2D eigenvalue weighted by molar-refractivity contribution is -0.139. The van der Waals surface area contributed by atoms with Crippen molar-refractivity contribution in [3.63, 3.8) is 0 Å². The third-order valence-corrected chi connectivity index (χ3v) is 7.48. The third kappa shape index (κ3) is 7.91. The van der Waals surface area contributed by atoms with E-state index < -0.39 is 6.04 Å². The largest absolute Gasteiger partial charge is 0.355 e. The highest BCUT2D eigenvalue weighted by atomic mass is 35.5. The molecule has 0 radical (unpaired) electrons. The van der Waals surface area contributed by atoms with E-state index in [0.29, 0.717) is 33.8 Å². The molecule has 0 aliphatic heterocycles. The first kappa shape index (κ1) is 27.4. The molecule has 3 aromatic rings. The molecule has 3 rings (SSSR count). The summed E-state index contributed by atoms with van der Waals surface area (Å²) in [6.07, 6.45) is 0.393. The molecular weight excluding hydrogens is 523 g/mol. The van der Waals surface area contributed by atoms with Gasteiger partial charge in [0.05, 0.1) is 5.75 Å². The molecule has 1 N–H and O–H groups in total. The van der Waals surface area contributed by atoms with Crippen molar-refractivity contribution < 1.29 is 9.59 Å². The predicted molar refractivity (Wildman–Crippen MR) is 147 cm³/mol. The zero-order chi connectivity index (χ0) is 25.2. The summed E-state index contributed by atoms with van der Waals surface area (Å²) in [5, 5.41) is 4.57. The lowest BCUT2D eigenvalue weighted by atomic mass is 10.0. The summed E-state index contributed by atoms with van der Waals surface area (Å²) in [7, 11) is 0. The van der Waals surface area contributed by atoms with Crippen molar-refractivity contribution in [1.29, 1.82) is 0 Å². The number of thioether (sulfide) groups is 1. The molecule has 0 aromatic heterocycles. The maximum atomic E-state index is 13.6. The van der Waals surface area contributed by atoms with Gasteiger partial charge in [-0.2, -0.15) is 0 Å². The summed E-state index contributed by atoms with van der Waals surface area (Å²) in [6.45, 7) is 2.56. The van der Waals surface area contributed by atoms with Gasteiger partial charge in [-0.15, -0.1) is 11.8 Å². The van der Waals surface area contributed by atoms with Gasteiger partial charge in [-0.1, -0.05) is 89.4 Å². The number of carbonyl (C=O) groups is 2. The lowest BCUT2D eigenvalue weighted by Crippen LogP contribution is -2.51. The van der Waals surface area contributed by atoms with Crippen LogP contribution in [0.1, 0.15) is 23.6 Å². The Labute approximate surface area is 225 Å². The Morgan fingerprint density at radius 2 is 1.51 bits per heavy atom. The number of hydrogen-bond donors (Lipinski definition) is 1. The maximum absolute atomic E-state index is 13.6. The van der Waals surface area contributed by atoms with Gasteiger partial charge < -0.3 is 10.2 Å². The Balaban J connectivity index is 1.86. The van der Waals surface area contributed by atoms with Crippen molar-refractivity contribution in [3.05, 3.63) is 105 Å². The van der Waals surface area contributed by atoms with E-state index in [9.17, 15) is 9.59 Å². The second-order valence-corrected chi connectivity index (χ2v) is 10.1. The number of amides is 2. The second kappa shape index (κ2) is 13.8. The van der Waals surface area contributed by atoms with Crippen LogP contribution in [0.4, 0.5) is 0 Å². The van der Waals surface area contributed by atoms with E-state index in [4.69, 9.17) is 34.8 Å². The van der Waals surface area contributed by atoms with Crippen LogP contribution in [0, 0.1) is 0 Å². The molecule has 1 unspecified atom stereocenters. The van der Waals surface area contributed by atoms with Crippen molar-refractivity contribution in [3.8, 4) is 0 Å². The molecule has 0 saturated carbocycles. The van der Waals surface area contributed by atoms with E-state index in [1.54, 1.807) is 29.2 Å². The first-order valence-corrected chi connectivity index (χ1v) is 13.5. The monoisotopic (exact) mass is 548 g/mol. The average molecular weight is 550 g/mol. The molecule has 8 heteroatoms. The lowest BCUT2D eigenvalue weighted by Gasteiger charge is -2.31. The van der Waals surface area contributed by atoms with Crippen LogP contribution >= 0.6 is 46.6 Å². The fourth-order valence-corrected chi connectivity index (χ4v) is 5.49. The van der Waals surface area contributed by atoms with Crippen LogP contribution in [0.2, 0.25) is 15.1 Å². The average Bonchev–Trinajstić information content (AvgIpc) is 2.85. The Morgan fingerprint density at radius 3 is 2.17 bits per heavy atom. The highest BCUT2D eigenvalue weighted by Crippen LogP contribution is 2.29. The fourth-order valence-electron chi connectivity index (χ4n) is 3.65. The summed E-state index contributed by atoms with van der Waals surface area (Å²) < 4.78 is 0. The fraction of sp³-hybridized carbons (Fsp3) is 0.259. The number of halogens is 3. The molecule has 0 spiro atoms. The molecule has 0 aliphatic rings. The number of likely N-dealkylation sites (N-methyl/N-ethyl adjacent to an activating group) is 1. The molecule has 3 aromatic carbocycles. The van der Waals surface area contributed by atoms with Gasteiger partial charge in [-0.3, -0.25) is 9.59 Å². The van der Waals surface area contributed by atoms with E-state index in [2.05, 4.69) is 5.32 Å². The molecule has 35 heavy (non-hydrogen) atoms. The highest BCUT2D eigenvalue weighted by Gasteiger charge is 2.30. The van der Waals surface area contributed by atoms with Crippen molar-refractivity contribution in [2.45, 2.75) is 31.7 Å². The molecule has 1 atom stereocenters. The van der Waals surface area contributed by atoms with E-state index in [1.807, 2.05) is 55.5 Å². The van der Waals surface area contributed by atoms with Crippen LogP contribution in [-0.4, -0.2) is 35.1 Å². The smallest absolute Gasteiger partial charge is 0.243 e. The van der Waals surface area contributed by atoms with E-state index in [0.717, 1.165) is 16.7 Å². The van der Waals surface area contributed by atoms with Crippen LogP contribution < -0.4 is 5.32 Å². The number of hydrogen-bond acceptors (Lipinski definition) is 3. The first-order chi connectivity index (χ1) is 16.9. The summed E-state index contributed by atoms with van der Waals surface area (Å²) in [5.74, 6) is 0.284. The molecule has 0 fully saturated rings. The van der Waals surface area contributed by atoms with Gasteiger partial charge in [-0.05, 0) is 41.8 Å². The molecule has 0 heterocycles. The molecule has 4 nitrogen and oxygen atoms in total. The topological polar surface area (TPSA) is 49.4 Å². The minimum Gasteiger partial charge on any atom is -0.355 e. The molecule has 184 valence electrons. The van der Waals surface area contributed by atoms with Crippen LogP contribution in [0.15, 0.2) is 72.8 Å². The molecule has 0 aliphatic carbocycles. The molecule has 2 amide bonds. The molecular formula is C27H27Cl3N2O2S. The van der Waals surface area contributed by atoms with Crippen LogP contribution in [-0.2, 0) is 28.3 Å². The highest BCUT2D eigenvalue weighted by molar-refractivity contribution is 7.99. The van der Waals surface area contributed by atoms with Crippen LogP contribution in [0.3, 0.4) is 0 Å². The minimum atomic E-state index is -0.689. The van der Waals surface area contributed by atoms with Gasteiger partial charge in [0, 0.05) is 40.3 Å². The first-order valence-electron chi connectivity index (χ1n) is 11.3. The minimum absolute atomic E-state index is 0.162. The predicted octanol–water partition coefficient (Wildman–Crippen LogP) is 6.66. The van der Waals surface area contributed by atoms with Gasteiger partial charge >= 0.3 is 0 Å². The zero-order valence-electron chi connectivity index (χ0n) is 19.3. The second-order valence-electron chi connectivity index (χ2n) is 7.91. The van der Waals surface area contributed by atoms with Crippen molar-refractivity contribution in [2.24, 2.45) is 0 Å². The quantitative estimate of drug-likeness (QED) is 0.291. The normalized spacial score (nSPS) is 11.7. The summed E-state index contributed by atoms with van der Waals surface area (Å²) in [6, 6.07) is 21.7. The summed E-state index contributed by atoms with van der Waals surface area (Å²) >= 11 is 20.4. The number of rotatable bonds is 11.